The van der Waals surface area contributed by atoms with E-state index in [9.17, 15) is 4.79 Å². The topological polar surface area (TPSA) is 64.1 Å². The minimum absolute atomic E-state index is 0.182. The van der Waals surface area contributed by atoms with E-state index in [-0.39, 0.29) is 5.91 Å². The van der Waals surface area contributed by atoms with E-state index in [1.807, 2.05) is 67.6 Å². The van der Waals surface area contributed by atoms with Gasteiger partial charge in [0.25, 0.3) is 5.91 Å². The van der Waals surface area contributed by atoms with Gasteiger partial charge in [-0.05, 0) is 79.1 Å². The second kappa shape index (κ2) is 11.1. The van der Waals surface area contributed by atoms with Crippen molar-refractivity contribution in [2.75, 3.05) is 6.61 Å². The number of amides is 1. The van der Waals surface area contributed by atoms with Crippen molar-refractivity contribution in [1.29, 1.82) is 0 Å². The minimum Gasteiger partial charge on any atom is -0.492 e. The van der Waals surface area contributed by atoms with E-state index in [4.69, 9.17) is 16.3 Å². The van der Waals surface area contributed by atoms with Crippen LogP contribution in [0.1, 0.15) is 51.1 Å². The quantitative estimate of drug-likeness (QED) is 0.271. The minimum atomic E-state index is -0.182. The smallest absolute Gasteiger partial charge is 0.253 e. The van der Waals surface area contributed by atoms with Crippen LogP contribution in [0.15, 0.2) is 72.8 Å². The van der Waals surface area contributed by atoms with Gasteiger partial charge < -0.3 is 10.1 Å². The molecule has 37 heavy (non-hydrogen) atoms. The van der Waals surface area contributed by atoms with Gasteiger partial charge in [0.05, 0.1) is 28.6 Å². The number of carbonyl (C=O) groups is 1. The number of halogens is 1. The highest BCUT2D eigenvalue weighted by Crippen LogP contribution is 2.34. The van der Waals surface area contributed by atoms with Crippen molar-refractivity contribution in [2.24, 2.45) is 5.92 Å². The SMILES string of the molecule is Cc1ccccc1CNC(=O)c1cc(-c2ccc(OCC3CC3)c(Cl)c2)nnc1Cc1ccccc1C. The fourth-order valence-corrected chi connectivity index (χ4v) is 4.46. The fourth-order valence-electron chi connectivity index (χ4n) is 4.22. The van der Waals surface area contributed by atoms with Crippen LogP contribution in [0.3, 0.4) is 0 Å². The summed E-state index contributed by atoms with van der Waals surface area (Å²) in [5, 5.41) is 12.6. The molecule has 0 spiro atoms. The molecule has 5 nitrogen and oxygen atoms in total. The van der Waals surface area contributed by atoms with Gasteiger partial charge in [-0.2, -0.15) is 10.2 Å². The molecule has 0 saturated heterocycles. The molecule has 0 unspecified atom stereocenters. The largest absolute Gasteiger partial charge is 0.492 e. The van der Waals surface area contributed by atoms with Gasteiger partial charge in [-0.15, -0.1) is 0 Å². The van der Waals surface area contributed by atoms with Crippen molar-refractivity contribution in [3.05, 3.63) is 111 Å². The molecule has 1 fully saturated rings. The van der Waals surface area contributed by atoms with Crippen molar-refractivity contribution in [3.63, 3.8) is 0 Å². The molecule has 1 N–H and O–H groups in total. The van der Waals surface area contributed by atoms with Crippen molar-refractivity contribution >= 4 is 17.5 Å². The van der Waals surface area contributed by atoms with Crippen LogP contribution < -0.4 is 10.1 Å². The predicted octanol–water partition coefficient (Wildman–Crippen LogP) is 6.72. The van der Waals surface area contributed by atoms with Crippen molar-refractivity contribution < 1.29 is 9.53 Å². The first-order valence-electron chi connectivity index (χ1n) is 12.6. The number of nitrogens with one attached hydrogen (secondary N) is 1. The van der Waals surface area contributed by atoms with Crippen LogP contribution in [0, 0.1) is 19.8 Å². The van der Waals surface area contributed by atoms with Crippen LogP contribution >= 0.6 is 11.6 Å². The van der Waals surface area contributed by atoms with Gasteiger partial charge in [-0.1, -0.05) is 60.1 Å². The van der Waals surface area contributed by atoms with Gasteiger partial charge in [-0.3, -0.25) is 4.79 Å². The molecule has 1 aliphatic rings. The molecule has 188 valence electrons. The molecule has 1 heterocycles. The predicted molar refractivity (Wildman–Crippen MR) is 147 cm³/mol. The second-order valence-electron chi connectivity index (χ2n) is 9.70. The average Bonchev–Trinajstić information content (AvgIpc) is 3.73. The third-order valence-electron chi connectivity index (χ3n) is 6.83. The molecule has 0 bridgehead atoms. The van der Waals surface area contributed by atoms with Gasteiger partial charge in [0.2, 0.25) is 0 Å². The standard InChI is InChI=1S/C31H30ClN3O2/c1-20-7-3-5-9-23(20)16-29-26(31(36)33-18-25-10-6-4-8-21(25)2)17-28(34-35-29)24-13-14-30(27(32)15-24)37-19-22-11-12-22/h3-10,13-15,17,22H,11-12,16,18-19H2,1-2H3,(H,33,36). The summed E-state index contributed by atoms with van der Waals surface area (Å²) in [6.07, 6.45) is 2.95. The van der Waals surface area contributed by atoms with Crippen LogP contribution in [0.5, 0.6) is 5.75 Å². The van der Waals surface area contributed by atoms with Crippen LogP contribution in [0.25, 0.3) is 11.3 Å². The van der Waals surface area contributed by atoms with E-state index in [0.717, 1.165) is 27.8 Å². The van der Waals surface area contributed by atoms with Gasteiger partial charge >= 0.3 is 0 Å². The maximum atomic E-state index is 13.5. The van der Waals surface area contributed by atoms with Gasteiger partial charge in [-0.25, -0.2) is 0 Å². The van der Waals surface area contributed by atoms with Gasteiger partial charge in [0.1, 0.15) is 5.75 Å². The number of nitrogens with zero attached hydrogens (tertiary/aromatic N) is 2. The molecular formula is C31H30ClN3O2. The molecule has 5 rings (SSSR count). The van der Waals surface area contributed by atoms with Crippen LogP contribution in [0.4, 0.5) is 0 Å². The highest BCUT2D eigenvalue weighted by molar-refractivity contribution is 6.32. The molecule has 0 radical (unpaired) electrons. The first-order chi connectivity index (χ1) is 18.0. The Hall–Kier alpha value is -3.70. The number of benzene rings is 3. The molecule has 0 atom stereocenters. The molecule has 1 saturated carbocycles. The van der Waals surface area contributed by atoms with E-state index < -0.39 is 0 Å². The first kappa shape index (κ1) is 25.0. The highest BCUT2D eigenvalue weighted by Gasteiger charge is 2.22. The number of carbonyl (C=O) groups excluding carboxylic acids is 1. The van der Waals surface area contributed by atoms with Crippen LogP contribution in [-0.2, 0) is 13.0 Å². The zero-order chi connectivity index (χ0) is 25.8. The average molecular weight is 512 g/mol. The summed E-state index contributed by atoms with van der Waals surface area (Å²) in [6, 6.07) is 23.6. The summed E-state index contributed by atoms with van der Waals surface area (Å²) < 4.78 is 5.86. The molecular weight excluding hydrogens is 482 g/mol. The lowest BCUT2D eigenvalue weighted by Gasteiger charge is -2.13. The first-order valence-corrected chi connectivity index (χ1v) is 13.0. The summed E-state index contributed by atoms with van der Waals surface area (Å²) in [6.45, 7) is 5.23. The summed E-state index contributed by atoms with van der Waals surface area (Å²) in [4.78, 5) is 13.5. The van der Waals surface area contributed by atoms with Gasteiger partial charge in [0, 0.05) is 18.5 Å². The number of aromatic nitrogens is 2. The zero-order valence-electron chi connectivity index (χ0n) is 21.1. The monoisotopic (exact) mass is 511 g/mol. The lowest BCUT2D eigenvalue weighted by atomic mass is 10.00. The molecule has 3 aromatic carbocycles. The molecule has 1 amide bonds. The lowest BCUT2D eigenvalue weighted by molar-refractivity contribution is 0.0949. The zero-order valence-corrected chi connectivity index (χ0v) is 21.9. The Kier molecular flexibility index (Phi) is 7.52. The van der Waals surface area contributed by atoms with Gasteiger partial charge in [0.15, 0.2) is 0 Å². The van der Waals surface area contributed by atoms with E-state index in [1.165, 1.54) is 12.8 Å². The molecule has 1 aliphatic carbocycles. The number of hydrogen-bond acceptors (Lipinski definition) is 4. The van der Waals surface area contributed by atoms with Crippen LogP contribution in [0.2, 0.25) is 5.02 Å². The maximum absolute atomic E-state index is 13.5. The molecule has 6 heteroatoms. The van der Waals surface area contributed by atoms with Crippen molar-refractivity contribution in [3.8, 4) is 17.0 Å². The van der Waals surface area contributed by atoms with Crippen molar-refractivity contribution in [2.45, 2.75) is 39.7 Å². The van der Waals surface area contributed by atoms with E-state index in [1.54, 1.807) is 0 Å². The summed E-state index contributed by atoms with van der Waals surface area (Å²) in [5.41, 5.74) is 6.98. The number of rotatable bonds is 9. The fraction of sp³-hybridized carbons (Fsp3) is 0.258. The number of ether oxygens (including phenoxy) is 1. The third-order valence-corrected chi connectivity index (χ3v) is 7.13. The van der Waals surface area contributed by atoms with Crippen LogP contribution in [-0.4, -0.2) is 22.7 Å². The Morgan fingerprint density at radius 2 is 1.65 bits per heavy atom. The van der Waals surface area contributed by atoms with E-state index in [0.29, 0.717) is 53.2 Å². The lowest BCUT2D eigenvalue weighted by Crippen LogP contribution is -2.25. The van der Waals surface area contributed by atoms with E-state index in [2.05, 4.69) is 34.6 Å². The summed E-state index contributed by atoms with van der Waals surface area (Å²) in [5.74, 6) is 1.12. The summed E-state index contributed by atoms with van der Waals surface area (Å²) >= 11 is 6.52. The Morgan fingerprint density at radius 1 is 0.946 bits per heavy atom. The Balaban J connectivity index is 1.43. The second-order valence-corrected chi connectivity index (χ2v) is 10.1. The Labute approximate surface area is 222 Å². The van der Waals surface area contributed by atoms with E-state index >= 15 is 0 Å². The highest BCUT2D eigenvalue weighted by atomic mass is 35.5. The Bertz CT molecular complexity index is 1430. The number of aryl methyl sites for hydroxylation is 2. The normalized spacial score (nSPS) is 12.8. The maximum Gasteiger partial charge on any atom is 0.253 e. The molecule has 0 aliphatic heterocycles. The molecule has 1 aromatic heterocycles. The number of hydrogen-bond donors (Lipinski definition) is 1. The Morgan fingerprint density at radius 3 is 2.32 bits per heavy atom. The molecule has 4 aromatic rings. The van der Waals surface area contributed by atoms with Crippen molar-refractivity contribution in [1.82, 2.24) is 15.5 Å². The summed E-state index contributed by atoms with van der Waals surface area (Å²) in [7, 11) is 0. The third kappa shape index (κ3) is 6.17.